The number of aromatic nitrogens is 1. The van der Waals surface area contributed by atoms with Gasteiger partial charge in [0.15, 0.2) is 0 Å². The van der Waals surface area contributed by atoms with Gasteiger partial charge in [0.2, 0.25) is 0 Å². The lowest BCUT2D eigenvalue weighted by Crippen LogP contribution is -2.08. The Hall–Kier alpha value is -1.09. The summed E-state index contributed by atoms with van der Waals surface area (Å²) in [5, 5.41) is 8.97. The summed E-state index contributed by atoms with van der Waals surface area (Å²) in [6.07, 6.45) is 3.07. The van der Waals surface area contributed by atoms with Crippen LogP contribution in [0.25, 0.3) is 0 Å². The smallest absolute Gasteiger partial charge is 0.337 e. The Kier molecular flexibility index (Phi) is 5.16. The van der Waals surface area contributed by atoms with Crippen LogP contribution in [-0.2, 0) is 12.8 Å². The summed E-state index contributed by atoms with van der Waals surface area (Å²) in [5.41, 5.74) is 1.92. The van der Waals surface area contributed by atoms with Crippen molar-refractivity contribution in [1.82, 2.24) is 4.98 Å². The van der Waals surface area contributed by atoms with E-state index in [2.05, 4.69) is 4.98 Å². The second-order valence-electron chi connectivity index (χ2n) is 2.80. The molecule has 78 valence electrons. The maximum absolute atomic E-state index is 10.9. The zero-order chi connectivity index (χ0) is 9.84. The van der Waals surface area contributed by atoms with Crippen LogP contribution in [-0.4, -0.2) is 16.1 Å². The standard InChI is InChI=1S/C10H13NO2.ClH/c1-3-7-5-6-11-8(4-2)9(7)10(12)13;/h5-6H,3-4H2,1-2H3,(H,12,13);1H. The van der Waals surface area contributed by atoms with E-state index in [4.69, 9.17) is 5.11 Å². The van der Waals surface area contributed by atoms with Crippen molar-refractivity contribution in [3.8, 4) is 0 Å². The quantitative estimate of drug-likeness (QED) is 0.842. The fraction of sp³-hybridized carbons (Fsp3) is 0.400. The molecular formula is C10H14ClNO2. The Balaban J connectivity index is 0.00000169. The van der Waals surface area contributed by atoms with E-state index in [1.165, 1.54) is 0 Å². The van der Waals surface area contributed by atoms with Crippen molar-refractivity contribution in [2.45, 2.75) is 26.7 Å². The number of rotatable bonds is 3. The van der Waals surface area contributed by atoms with Crippen molar-refractivity contribution in [2.24, 2.45) is 0 Å². The first-order chi connectivity index (χ1) is 6.20. The van der Waals surface area contributed by atoms with Gasteiger partial charge < -0.3 is 5.11 Å². The summed E-state index contributed by atoms with van der Waals surface area (Å²) in [5.74, 6) is -0.873. The molecule has 1 aromatic rings. The van der Waals surface area contributed by atoms with E-state index in [1.54, 1.807) is 12.3 Å². The molecule has 0 saturated carbocycles. The van der Waals surface area contributed by atoms with Gasteiger partial charge in [0.25, 0.3) is 0 Å². The molecule has 0 radical (unpaired) electrons. The van der Waals surface area contributed by atoms with Gasteiger partial charge in [-0.25, -0.2) is 4.79 Å². The third-order valence-electron chi connectivity index (χ3n) is 2.05. The molecule has 0 amide bonds. The lowest BCUT2D eigenvalue weighted by atomic mass is 10.0. The van der Waals surface area contributed by atoms with Crippen LogP contribution in [0.5, 0.6) is 0 Å². The van der Waals surface area contributed by atoms with E-state index < -0.39 is 5.97 Å². The van der Waals surface area contributed by atoms with Gasteiger partial charge in [0, 0.05) is 6.20 Å². The van der Waals surface area contributed by atoms with Gasteiger partial charge in [-0.2, -0.15) is 0 Å². The normalized spacial score (nSPS) is 9.29. The van der Waals surface area contributed by atoms with E-state index in [0.717, 1.165) is 12.0 Å². The lowest BCUT2D eigenvalue weighted by Gasteiger charge is -2.06. The van der Waals surface area contributed by atoms with Gasteiger partial charge in [-0.3, -0.25) is 4.98 Å². The molecule has 0 aromatic carbocycles. The van der Waals surface area contributed by atoms with Gasteiger partial charge in [-0.15, -0.1) is 12.4 Å². The fourth-order valence-corrected chi connectivity index (χ4v) is 1.37. The largest absolute Gasteiger partial charge is 0.478 e. The SMILES string of the molecule is CCc1ccnc(CC)c1C(=O)O.Cl. The van der Waals surface area contributed by atoms with Gasteiger partial charge in [0.1, 0.15) is 0 Å². The predicted octanol–water partition coefficient (Wildman–Crippen LogP) is 2.33. The maximum atomic E-state index is 10.9. The molecule has 0 aliphatic heterocycles. The second kappa shape index (κ2) is 5.60. The molecule has 0 spiro atoms. The van der Waals surface area contributed by atoms with Crippen LogP contribution in [0.3, 0.4) is 0 Å². The van der Waals surface area contributed by atoms with Crippen molar-refractivity contribution < 1.29 is 9.90 Å². The number of hydrogen-bond acceptors (Lipinski definition) is 2. The van der Waals surface area contributed by atoms with E-state index in [1.807, 2.05) is 13.8 Å². The van der Waals surface area contributed by atoms with Crippen molar-refractivity contribution in [3.63, 3.8) is 0 Å². The molecule has 4 heteroatoms. The molecule has 0 unspecified atom stereocenters. The fourth-order valence-electron chi connectivity index (χ4n) is 1.37. The van der Waals surface area contributed by atoms with Gasteiger partial charge in [0.05, 0.1) is 11.3 Å². The molecule has 0 bridgehead atoms. The van der Waals surface area contributed by atoms with Crippen molar-refractivity contribution in [2.75, 3.05) is 0 Å². The highest BCUT2D eigenvalue weighted by atomic mass is 35.5. The molecule has 1 rings (SSSR count). The average Bonchev–Trinajstić information content (AvgIpc) is 2.16. The average molecular weight is 216 g/mol. The van der Waals surface area contributed by atoms with E-state index in [-0.39, 0.29) is 12.4 Å². The Morgan fingerprint density at radius 3 is 2.50 bits per heavy atom. The summed E-state index contributed by atoms with van der Waals surface area (Å²) in [6.45, 7) is 3.86. The molecule has 0 atom stereocenters. The van der Waals surface area contributed by atoms with Crippen LogP contribution >= 0.6 is 12.4 Å². The molecule has 1 N–H and O–H groups in total. The first kappa shape index (κ1) is 12.9. The number of aromatic carboxylic acids is 1. The van der Waals surface area contributed by atoms with Crippen LogP contribution in [0.4, 0.5) is 0 Å². The Bertz CT molecular complexity index is 304. The number of nitrogens with zero attached hydrogens (tertiary/aromatic N) is 1. The number of pyridine rings is 1. The number of carbonyl (C=O) groups is 1. The minimum absolute atomic E-state index is 0. The first-order valence-corrected chi connectivity index (χ1v) is 4.40. The zero-order valence-electron chi connectivity index (χ0n) is 8.28. The summed E-state index contributed by atoms with van der Waals surface area (Å²) < 4.78 is 0. The molecule has 0 aliphatic rings. The molecule has 1 aromatic heterocycles. The summed E-state index contributed by atoms with van der Waals surface area (Å²) in [4.78, 5) is 15.0. The third kappa shape index (κ3) is 2.45. The second-order valence-corrected chi connectivity index (χ2v) is 2.80. The monoisotopic (exact) mass is 215 g/mol. The summed E-state index contributed by atoms with van der Waals surface area (Å²) in [6, 6.07) is 1.77. The number of carboxylic acids is 1. The van der Waals surface area contributed by atoms with E-state index in [0.29, 0.717) is 17.7 Å². The summed E-state index contributed by atoms with van der Waals surface area (Å²) in [7, 11) is 0. The topological polar surface area (TPSA) is 50.2 Å². The summed E-state index contributed by atoms with van der Waals surface area (Å²) >= 11 is 0. The predicted molar refractivity (Wildman–Crippen MR) is 57.2 cm³/mol. The Morgan fingerprint density at radius 2 is 2.07 bits per heavy atom. The molecular weight excluding hydrogens is 202 g/mol. The lowest BCUT2D eigenvalue weighted by molar-refractivity contribution is 0.0694. The Morgan fingerprint density at radius 1 is 1.43 bits per heavy atom. The van der Waals surface area contributed by atoms with Gasteiger partial charge in [-0.1, -0.05) is 13.8 Å². The maximum Gasteiger partial charge on any atom is 0.337 e. The molecule has 3 nitrogen and oxygen atoms in total. The van der Waals surface area contributed by atoms with Crippen molar-refractivity contribution >= 4 is 18.4 Å². The molecule has 0 fully saturated rings. The van der Waals surface area contributed by atoms with Crippen molar-refractivity contribution in [3.05, 3.63) is 29.1 Å². The van der Waals surface area contributed by atoms with Crippen molar-refractivity contribution in [1.29, 1.82) is 0 Å². The van der Waals surface area contributed by atoms with Gasteiger partial charge in [-0.05, 0) is 24.5 Å². The van der Waals surface area contributed by atoms with Crippen LogP contribution in [0.1, 0.15) is 35.5 Å². The molecule has 0 aliphatic carbocycles. The van der Waals surface area contributed by atoms with Gasteiger partial charge >= 0.3 is 5.97 Å². The van der Waals surface area contributed by atoms with E-state index in [9.17, 15) is 4.79 Å². The number of halogens is 1. The van der Waals surface area contributed by atoms with Crippen LogP contribution in [0.2, 0.25) is 0 Å². The van der Waals surface area contributed by atoms with E-state index >= 15 is 0 Å². The zero-order valence-corrected chi connectivity index (χ0v) is 9.10. The number of aryl methyl sites for hydroxylation is 2. The highest BCUT2D eigenvalue weighted by Crippen LogP contribution is 2.13. The minimum Gasteiger partial charge on any atom is -0.478 e. The molecule has 1 heterocycles. The van der Waals surface area contributed by atoms with Crippen LogP contribution < -0.4 is 0 Å². The minimum atomic E-state index is -0.873. The van der Waals surface area contributed by atoms with Crippen LogP contribution in [0, 0.1) is 0 Å². The molecule has 0 saturated heterocycles. The van der Waals surface area contributed by atoms with Crippen LogP contribution in [0.15, 0.2) is 12.3 Å². The molecule has 14 heavy (non-hydrogen) atoms. The first-order valence-electron chi connectivity index (χ1n) is 4.40. The number of hydrogen-bond donors (Lipinski definition) is 1. The highest BCUT2D eigenvalue weighted by Gasteiger charge is 2.13. The Labute approximate surface area is 89.6 Å². The highest BCUT2D eigenvalue weighted by molar-refractivity contribution is 5.90. The number of carboxylic acid groups (broad SMARTS) is 1. The third-order valence-corrected chi connectivity index (χ3v) is 2.05.